The molecule has 3 rings (SSSR count). The van der Waals surface area contributed by atoms with Gasteiger partial charge in [0.15, 0.2) is 0 Å². The fraction of sp³-hybridized carbons (Fsp3) is 0.643. The summed E-state index contributed by atoms with van der Waals surface area (Å²) in [7, 11) is 1.78. The zero-order chi connectivity index (χ0) is 15.1. The number of fused-ring (bicyclic) bond motifs is 1. The molecule has 0 aromatic heterocycles. The van der Waals surface area contributed by atoms with Crippen molar-refractivity contribution in [3.8, 4) is 0 Å². The number of amides is 1. The molecule has 1 fully saturated rings. The molecule has 3 aliphatic rings. The average molecular weight is 316 g/mol. The summed E-state index contributed by atoms with van der Waals surface area (Å²) in [5.74, 6) is -1.33. The van der Waals surface area contributed by atoms with Crippen LogP contribution in [0.3, 0.4) is 0 Å². The fourth-order valence-corrected chi connectivity index (χ4v) is 3.85. The van der Waals surface area contributed by atoms with Crippen LogP contribution in [-0.4, -0.2) is 53.3 Å². The maximum atomic E-state index is 13.5. The number of likely N-dealkylation sites (N-methyl/N-ethyl adjacent to an activating group) is 1. The third-order valence-corrected chi connectivity index (χ3v) is 4.95. The Labute approximate surface area is 127 Å². The van der Waals surface area contributed by atoms with Crippen LogP contribution < -0.4 is 10.6 Å². The normalized spacial score (nSPS) is 43.0. The van der Waals surface area contributed by atoms with E-state index in [9.17, 15) is 14.3 Å². The number of likely N-dealkylation sites (tertiary alicyclic amines) is 1. The van der Waals surface area contributed by atoms with Crippen molar-refractivity contribution >= 4 is 17.5 Å². The number of allylic oxidation sites excluding steroid dienone is 1. The summed E-state index contributed by atoms with van der Waals surface area (Å²) in [4.78, 5) is 14.0. The first-order valence-electron chi connectivity index (χ1n) is 7.14. The summed E-state index contributed by atoms with van der Waals surface area (Å²) >= 11 is 6.25. The molecule has 0 saturated carbocycles. The fourth-order valence-electron chi connectivity index (χ4n) is 3.49. The number of hydrogen-bond acceptors (Lipinski definition) is 4. The lowest BCUT2D eigenvalue weighted by Gasteiger charge is -2.34. The van der Waals surface area contributed by atoms with Gasteiger partial charge in [-0.25, -0.2) is 4.39 Å². The van der Waals surface area contributed by atoms with Gasteiger partial charge in [0.2, 0.25) is 5.91 Å². The van der Waals surface area contributed by atoms with Crippen LogP contribution in [0.4, 0.5) is 4.39 Å². The van der Waals surface area contributed by atoms with Crippen LogP contribution in [0.1, 0.15) is 6.42 Å². The van der Waals surface area contributed by atoms with E-state index in [1.807, 2.05) is 6.08 Å². The lowest BCUT2D eigenvalue weighted by atomic mass is 9.81. The Balaban J connectivity index is 1.92. The van der Waals surface area contributed by atoms with Crippen LogP contribution >= 0.6 is 11.6 Å². The summed E-state index contributed by atoms with van der Waals surface area (Å²) in [6.45, 7) is 0.441. The van der Waals surface area contributed by atoms with E-state index in [-0.39, 0.29) is 23.7 Å². The Bertz CT molecular complexity index is 499. The predicted octanol–water partition coefficient (Wildman–Crippen LogP) is 0.317. The SMILES string of the molecule is CN[C@@H]1C=C[C@H](Cl)C2C(=O)N([C@H]3C=C(F)CCN3)[C@H](O)C21. The summed E-state index contributed by atoms with van der Waals surface area (Å²) in [6.07, 6.45) is 3.71. The Morgan fingerprint density at radius 2 is 2.29 bits per heavy atom. The highest BCUT2D eigenvalue weighted by molar-refractivity contribution is 6.23. The highest BCUT2D eigenvalue weighted by atomic mass is 35.5. The minimum Gasteiger partial charge on any atom is -0.373 e. The van der Waals surface area contributed by atoms with Crippen LogP contribution in [0, 0.1) is 11.8 Å². The smallest absolute Gasteiger partial charge is 0.231 e. The summed E-state index contributed by atoms with van der Waals surface area (Å²) < 4.78 is 13.5. The lowest BCUT2D eigenvalue weighted by molar-refractivity contribution is -0.138. The number of aliphatic hydroxyl groups excluding tert-OH is 1. The van der Waals surface area contributed by atoms with Crippen molar-refractivity contribution in [3.05, 3.63) is 24.1 Å². The summed E-state index contributed by atoms with van der Waals surface area (Å²) in [5.41, 5.74) is 0. The molecule has 1 saturated heterocycles. The Kier molecular flexibility index (Phi) is 4.05. The van der Waals surface area contributed by atoms with Crippen molar-refractivity contribution < 1.29 is 14.3 Å². The van der Waals surface area contributed by atoms with Crippen molar-refractivity contribution in [2.75, 3.05) is 13.6 Å². The maximum absolute atomic E-state index is 13.5. The molecule has 116 valence electrons. The molecule has 1 aliphatic carbocycles. The van der Waals surface area contributed by atoms with Gasteiger partial charge in [-0.3, -0.25) is 15.0 Å². The second-order valence-corrected chi connectivity index (χ2v) is 6.17. The molecule has 0 radical (unpaired) electrons. The van der Waals surface area contributed by atoms with Crippen molar-refractivity contribution in [2.24, 2.45) is 11.8 Å². The number of aliphatic hydroxyl groups is 1. The number of rotatable bonds is 2. The molecule has 0 aromatic carbocycles. The summed E-state index contributed by atoms with van der Waals surface area (Å²) in [6, 6.07) is -0.133. The molecule has 2 heterocycles. The van der Waals surface area contributed by atoms with Crippen molar-refractivity contribution in [1.29, 1.82) is 0 Å². The molecule has 6 atom stereocenters. The van der Waals surface area contributed by atoms with E-state index in [4.69, 9.17) is 11.6 Å². The van der Waals surface area contributed by atoms with Gasteiger partial charge in [-0.05, 0) is 13.1 Å². The van der Waals surface area contributed by atoms with Crippen LogP contribution in [0.25, 0.3) is 0 Å². The van der Waals surface area contributed by atoms with Gasteiger partial charge in [-0.2, -0.15) is 0 Å². The molecule has 7 heteroatoms. The molecule has 0 spiro atoms. The van der Waals surface area contributed by atoms with Crippen LogP contribution in [0.5, 0.6) is 0 Å². The molecule has 2 unspecified atom stereocenters. The van der Waals surface area contributed by atoms with Gasteiger partial charge in [-0.1, -0.05) is 12.2 Å². The largest absolute Gasteiger partial charge is 0.373 e. The maximum Gasteiger partial charge on any atom is 0.231 e. The highest BCUT2D eigenvalue weighted by Gasteiger charge is 2.55. The van der Waals surface area contributed by atoms with E-state index in [1.54, 1.807) is 13.1 Å². The number of hydrogen-bond donors (Lipinski definition) is 3. The Hall–Kier alpha value is -0.950. The zero-order valence-electron chi connectivity index (χ0n) is 11.7. The topological polar surface area (TPSA) is 64.6 Å². The first-order chi connectivity index (χ1) is 10.0. The quantitative estimate of drug-likeness (QED) is 0.507. The van der Waals surface area contributed by atoms with E-state index in [0.717, 1.165) is 0 Å². The molecule has 5 nitrogen and oxygen atoms in total. The van der Waals surface area contributed by atoms with Crippen molar-refractivity contribution in [1.82, 2.24) is 15.5 Å². The van der Waals surface area contributed by atoms with Crippen LogP contribution in [0.15, 0.2) is 24.1 Å². The summed E-state index contributed by atoms with van der Waals surface area (Å²) in [5, 5.41) is 16.3. The highest BCUT2D eigenvalue weighted by Crippen LogP contribution is 2.41. The van der Waals surface area contributed by atoms with Crippen molar-refractivity contribution in [2.45, 2.75) is 30.2 Å². The van der Waals surface area contributed by atoms with Gasteiger partial charge in [0.05, 0.1) is 11.3 Å². The Morgan fingerprint density at radius 3 is 2.95 bits per heavy atom. The molecule has 2 aliphatic heterocycles. The molecular formula is C14H19ClFN3O2. The van der Waals surface area contributed by atoms with Crippen molar-refractivity contribution in [3.63, 3.8) is 0 Å². The van der Waals surface area contributed by atoms with Gasteiger partial charge in [0.25, 0.3) is 0 Å². The molecule has 0 aromatic rings. The molecule has 0 bridgehead atoms. The van der Waals surface area contributed by atoms with E-state index in [0.29, 0.717) is 13.0 Å². The molecule has 1 amide bonds. The monoisotopic (exact) mass is 315 g/mol. The predicted molar refractivity (Wildman–Crippen MR) is 77.1 cm³/mol. The van der Waals surface area contributed by atoms with E-state index < -0.39 is 23.7 Å². The minimum absolute atomic E-state index is 0.133. The van der Waals surface area contributed by atoms with E-state index in [1.165, 1.54) is 11.0 Å². The standard InChI is InChI=1S/C14H19ClFN3O2/c1-17-9-3-2-8(15)11-12(9)14(21)19(13(11)20)10-6-7(16)4-5-18-10/h2-3,6,8-12,14,17-18,21H,4-5H2,1H3/t8-,9+,10-,11?,12?,14+/m0/s1. The first kappa shape index (κ1) is 15.0. The van der Waals surface area contributed by atoms with E-state index in [2.05, 4.69) is 10.6 Å². The van der Waals surface area contributed by atoms with Gasteiger partial charge >= 0.3 is 0 Å². The number of nitrogens with zero attached hydrogens (tertiary/aromatic N) is 1. The lowest BCUT2D eigenvalue weighted by Crippen LogP contribution is -2.52. The van der Waals surface area contributed by atoms with Gasteiger partial charge < -0.3 is 10.4 Å². The molecule has 21 heavy (non-hydrogen) atoms. The number of halogens is 2. The van der Waals surface area contributed by atoms with Crippen LogP contribution in [-0.2, 0) is 4.79 Å². The third kappa shape index (κ3) is 2.40. The average Bonchev–Trinajstić information content (AvgIpc) is 2.72. The van der Waals surface area contributed by atoms with Gasteiger partial charge in [0, 0.05) is 24.9 Å². The second-order valence-electron chi connectivity index (χ2n) is 5.67. The number of nitrogens with one attached hydrogen (secondary N) is 2. The molecule has 3 N–H and O–H groups in total. The van der Waals surface area contributed by atoms with Gasteiger partial charge in [0.1, 0.15) is 18.2 Å². The van der Waals surface area contributed by atoms with Gasteiger partial charge in [-0.15, -0.1) is 11.6 Å². The zero-order valence-corrected chi connectivity index (χ0v) is 12.4. The second kappa shape index (κ2) is 5.68. The van der Waals surface area contributed by atoms with Crippen LogP contribution in [0.2, 0.25) is 0 Å². The molecular weight excluding hydrogens is 297 g/mol. The first-order valence-corrected chi connectivity index (χ1v) is 7.57. The Morgan fingerprint density at radius 1 is 1.52 bits per heavy atom. The minimum atomic E-state index is -0.995. The van der Waals surface area contributed by atoms with E-state index >= 15 is 0 Å². The number of carbonyl (C=O) groups is 1. The third-order valence-electron chi connectivity index (χ3n) is 4.53. The number of alkyl halides is 1. The number of carbonyl (C=O) groups excluding carboxylic acids is 1.